The second-order valence-electron chi connectivity index (χ2n) is 5.03. The molecule has 1 N–H and O–H groups in total. The molecule has 2 rings (SSSR count). The van der Waals surface area contributed by atoms with Gasteiger partial charge in [0.05, 0.1) is 6.04 Å². The lowest BCUT2D eigenvalue weighted by molar-refractivity contribution is 0.491. The van der Waals surface area contributed by atoms with Crippen molar-refractivity contribution in [2.24, 2.45) is 7.05 Å². The van der Waals surface area contributed by atoms with E-state index in [0.717, 1.165) is 25.2 Å². The van der Waals surface area contributed by atoms with Crippen LogP contribution in [0.1, 0.15) is 36.3 Å². The van der Waals surface area contributed by atoms with E-state index in [9.17, 15) is 0 Å². The van der Waals surface area contributed by atoms with Crippen LogP contribution < -0.4 is 5.32 Å². The first-order valence-corrected chi connectivity index (χ1v) is 6.97. The summed E-state index contributed by atoms with van der Waals surface area (Å²) in [4.78, 5) is 4.50. The van der Waals surface area contributed by atoms with Crippen molar-refractivity contribution in [2.45, 2.75) is 32.7 Å². The number of aryl methyl sites for hydroxylation is 2. The number of aromatic nitrogens is 2. The number of nitrogens with one attached hydrogen (secondary N) is 1. The summed E-state index contributed by atoms with van der Waals surface area (Å²) in [5.41, 5.74) is 2.74. The summed E-state index contributed by atoms with van der Waals surface area (Å²) in [5.74, 6) is 1.11. The molecule has 3 heteroatoms. The fourth-order valence-corrected chi connectivity index (χ4v) is 2.35. The van der Waals surface area contributed by atoms with Gasteiger partial charge in [0.2, 0.25) is 0 Å². The van der Waals surface area contributed by atoms with E-state index in [4.69, 9.17) is 0 Å². The zero-order valence-corrected chi connectivity index (χ0v) is 12.1. The number of nitrogens with zero attached hydrogens (tertiary/aromatic N) is 2. The van der Waals surface area contributed by atoms with E-state index < -0.39 is 0 Å². The van der Waals surface area contributed by atoms with Gasteiger partial charge in [-0.15, -0.1) is 0 Å². The number of benzene rings is 1. The number of hydrogen-bond acceptors (Lipinski definition) is 2. The average molecular weight is 257 g/mol. The van der Waals surface area contributed by atoms with Crippen molar-refractivity contribution in [2.75, 3.05) is 6.54 Å². The molecule has 0 aliphatic carbocycles. The molecule has 1 aromatic carbocycles. The molecule has 0 bridgehead atoms. The highest BCUT2D eigenvalue weighted by Gasteiger charge is 2.16. The SMILES string of the molecule is CCCNC(Cc1ccccc1C)c1nccn1C. The smallest absolute Gasteiger partial charge is 0.125 e. The van der Waals surface area contributed by atoms with E-state index in [1.165, 1.54) is 11.1 Å². The van der Waals surface area contributed by atoms with Gasteiger partial charge in [-0.05, 0) is 37.4 Å². The lowest BCUT2D eigenvalue weighted by Gasteiger charge is -2.19. The molecule has 1 aromatic heterocycles. The molecule has 102 valence electrons. The standard InChI is InChI=1S/C16H23N3/c1-4-9-17-15(16-18-10-11-19(16)3)12-14-8-6-5-7-13(14)2/h5-8,10-11,15,17H,4,9,12H2,1-3H3. The van der Waals surface area contributed by atoms with Gasteiger partial charge in [-0.25, -0.2) is 4.98 Å². The van der Waals surface area contributed by atoms with Gasteiger partial charge >= 0.3 is 0 Å². The van der Waals surface area contributed by atoms with E-state index in [1.807, 2.05) is 12.4 Å². The maximum Gasteiger partial charge on any atom is 0.125 e. The van der Waals surface area contributed by atoms with Crippen LogP contribution in [0.2, 0.25) is 0 Å². The van der Waals surface area contributed by atoms with Crippen LogP contribution in [-0.2, 0) is 13.5 Å². The summed E-state index contributed by atoms with van der Waals surface area (Å²) < 4.78 is 2.10. The molecule has 1 heterocycles. The first kappa shape index (κ1) is 13.8. The summed E-state index contributed by atoms with van der Waals surface area (Å²) in [6, 6.07) is 8.86. The van der Waals surface area contributed by atoms with Crippen molar-refractivity contribution in [3.8, 4) is 0 Å². The van der Waals surface area contributed by atoms with Gasteiger partial charge in [0.15, 0.2) is 0 Å². The second-order valence-corrected chi connectivity index (χ2v) is 5.03. The Balaban J connectivity index is 2.19. The Bertz CT molecular complexity index is 516. The molecule has 0 saturated carbocycles. The molecule has 1 unspecified atom stereocenters. The van der Waals surface area contributed by atoms with E-state index in [0.29, 0.717) is 0 Å². The summed E-state index contributed by atoms with van der Waals surface area (Å²) in [5, 5.41) is 3.61. The minimum Gasteiger partial charge on any atom is -0.337 e. The minimum absolute atomic E-state index is 0.279. The highest BCUT2D eigenvalue weighted by molar-refractivity contribution is 5.27. The molecule has 3 nitrogen and oxygen atoms in total. The molecule has 0 spiro atoms. The fraction of sp³-hybridized carbons (Fsp3) is 0.438. The monoisotopic (exact) mass is 257 g/mol. The second kappa shape index (κ2) is 6.53. The van der Waals surface area contributed by atoms with Crippen molar-refractivity contribution in [3.63, 3.8) is 0 Å². The zero-order chi connectivity index (χ0) is 13.7. The van der Waals surface area contributed by atoms with Gasteiger partial charge in [0.25, 0.3) is 0 Å². The molecular formula is C16H23N3. The molecule has 0 fully saturated rings. The Hall–Kier alpha value is -1.61. The Morgan fingerprint density at radius 3 is 2.74 bits per heavy atom. The Morgan fingerprint density at radius 2 is 2.11 bits per heavy atom. The topological polar surface area (TPSA) is 29.9 Å². The normalized spacial score (nSPS) is 12.6. The van der Waals surface area contributed by atoms with Gasteiger partial charge in [-0.3, -0.25) is 0 Å². The highest BCUT2D eigenvalue weighted by Crippen LogP contribution is 2.19. The Kier molecular flexibility index (Phi) is 4.74. The van der Waals surface area contributed by atoms with Crippen LogP contribution in [0.4, 0.5) is 0 Å². The quantitative estimate of drug-likeness (QED) is 0.862. The van der Waals surface area contributed by atoms with Crippen LogP contribution in [0.15, 0.2) is 36.7 Å². The van der Waals surface area contributed by atoms with Gasteiger partial charge in [0, 0.05) is 19.4 Å². The first-order valence-electron chi connectivity index (χ1n) is 6.97. The van der Waals surface area contributed by atoms with Gasteiger partial charge in [-0.1, -0.05) is 31.2 Å². The lowest BCUT2D eigenvalue weighted by atomic mass is 10.0. The lowest BCUT2D eigenvalue weighted by Crippen LogP contribution is -2.26. The van der Waals surface area contributed by atoms with Crippen LogP contribution in [0.5, 0.6) is 0 Å². The molecule has 2 aromatic rings. The van der Waals surface area contributed by atoms with E-state index in [2.05, 4.69) is 60.0 Å². The third kappa shape index (κ3) is 3.44. The van der Waals surface area contributed by atoms with Crippen LogP contribution in [0.25, 0.3) is 0 Å². The van der Waals surface area contributed by atoms with Crippen molar-refractivity contribution in [1.82, 2.24) is 14.9 Å². The first-order chi connectivity index (χ1) is 9.22. The molecule has 0 saturated heterocycles. The highest BCUT2D eigenvalue weighted by atomic mass is 15.1. The molecule has 19 heavy (non-hydrogen) atoms. The predicted octanol–water partition coefficient (Wildman–Crippen LogP) is 3.01. The maximum absolute atomic E-state index is 4.50. The third-order valence-electron chi connectivity index (χ3n) is 3.50. The molecule has 0 radical (unpaired) electrons. The van der Waals surface area contributed by atoms with Crippen molar-refractivity contribution in [3.05, 3.63) is 53.6 Å². The van der Waals surface area contributed by atoms with Crippen molar-refractivity contribution >= 4 is 0 Å². The predicted molar refractivity (Wildman–Crippen MR) is 79.1 cm³/mol. The van der Waals surface area contributed by atoms with Crippen LogP contribution in [0, 0.1) is 6.92 Å². The minimum atomic E-state index is 0.279. The zero-order valence-electron chi connectivity index (χ0n) is 12.1. The fourth-order valence-electron chi connectivity index (χ4n) is 2.35. The largest absolute Gasteiger partial charge is 0.337 e. The van der Waals surface area contributed by atoms with Crippen molar-refractivity contribution < 1.29 is 0 Å². The Labute approximate surface area is 115 Å². The number of rotatable bonds is 6. The average Bonchev–Trinajstić information content (AvgIpc) is 2.83. The van der Waals surface area contributed by atoms with Gasteiger partial charge in [-0.2, -0.15) is 0 Å². The molecular weight excluding hydrogens is 234 g/mol. The van der Waals surface area contributed by atoms with Crippen LogP contribution in [-0.4, -0.2) is 16.1 Å². The molecule has 0 amide bonds. The Morgan fingerprint density at radius 1 is 1.32 bits per heavy atom. The van der Waals surface area contributed by atoms with Crippen LogP contribution >= 0.6 is 0 Å². The summed E-state index contributed by atoms with van der Waals surface area (Å²) in [6.45, 7) is 5.38. The summed E-state index contributed by atoms with van der Waals surface area (Å²) in [7, 11) is 2.06. The van der Waals surface area contributed by atoms with Crippen molar-refractivity contribution in [1.29, 1.82) is 0 Å². The van der Waals surface area contributed by atoms with E-state index >= 15 is 0 Å². The molecule has 0 aliphatic rings. The van der Waals surface area contributed by atoms with Crippen LogP contribution in [0.3, 0.4) is 0 Å². The summed E-state index contributed by atoms with van der Waals surface area (Å²) >= 11 is 0. The van der Waals surface area contributed by atoms with Gasteiger partial charge < -0.3 is 9.88 Å². The number of imidazole rings is 1. The summed E-state index contributed by atoms with van der Waals surface area (Å²) in [6.07, 6.45) is 5.99. The van der Waals surface area contributed by atoms with Gasteiger partial charge in [0.1, 0.15) is 5.82 Å². The number of hydrogen-bond donors (Lipinski definition) is 1. The molecule has 0 aliphatic heterocycles. The van der Waals surface area contributed by atoms with E-state index in [1.54, 1.807) is 0 Å². The molecule has 1 atom stereocenters. The maximum atomic E-state index is 4.50. The third-order valence-corrected chi connectivity index (χ3v) is 3.50. The van der Waals surface area contributed by atoms with E-state index in [-0.39, 0.29) is 6.04 Å².